The van der Waals surface area contributed by atoms with Crippen LogP contribution >= 0.6 is 11.8 Å². The zero-order chi connectivity index (χ0) is 23.2. The van der Waals surface area contributed by atoms with E-state index in [2.05, 4.69) is 39.2 Å². The average Bonchev–Trinajstić information content (AvgIpc) is 2.91. The number of thioether (sulfide) groups is 1. The molecular weight excluding hydrogens is 438 g/mol. The lowest BCUT2D eigenvalue weighted by Gasteiger charge is -2.40. The molecule has 0 saturated carbocycles. The van der Waals surface area contributed by atoms with Crippen molar-refractivity contribution in [3.63, 3.8) is 0 Å². The Labute approximate surface area is 199 Å². The van der Waals surface area contributed by atoms with Crippen LogP contribution in [-0.4, -0.2) is 64.2 Å². The molecule has 33 heavy (non-hydrogen) atoms. The monoisotopic (exact) mass is 469 g/mol. The molecule has 176 valence electrons. The number of aryl methyl sites for hydroxylation is 1. The molecule has 0 atom stereocenters. The number of hydrogen-bond donors (Lipinski definition) is 1. The maximum Gasteiger partial charge on any atom is 0.410 e. The number of nitrogens with one attached hydrogen (secondary N) is 1. The Morgan fingerprint density at radius 2 is 1.97 bits per heavy atom. The highest BCUT2D eigenvalue weighted by atomic mass is 32.2. The SMILES string of the molecule is Cc1cc(C2CN(C(=O)OC(C)(C)C)C2)cc2c1OCc1c(ncnc1N1CCSCC1)N2. The van der Waals surface area contributed by atoms with Gasteiger partial charge in [0, 0.05) is 43.6 Å². The number of anilines is 3. The highest BCUT2D eigenvalue weighted by molar-refractivity contribution is 7.99. The summed E-state index contributed by atoms with van der Waals surface area (Å²) in [5.41, 5.74) is 3.69. The maximum absolute atomic E-state index is 12.3. The highest BCUT2D eigenvalue weighted by Gasteiger charge is 2.35. The zero-order valence-electron chi connectivity index (χ0n) is 19.7. The summed E-state index contributed by atoms with van der Waals surface area (Å²) < 4.78 is 11.8. The van der Waals surface area contributed by atoms with E-state index >= 15 is 0 Å². The van der Waals surface area contributed by atoms with Crippen LogP contribution in [0.15, 0.2) is 18.5 Å². The number of amides is 1. The number of likely N-dealkylation sites (tertiary alicyclic amines) is 1. The molecule has 5 rings (SSSR count). The fourth-order valence-corrected chi connectivity index (χ4v) is 5.35. The van der Waals surface area contributed by atoms with Crippen molar-refractivity contribution in [3.05, 3.63) is 35.2 Å². The van der Waals surface area contributed by atoms with Crippen molar-refractivity contribution in [2.24, 2.45) is 0 Å². The van der Waals surface area contributed by atoms with Crippen LogP contribution in [0.4, 0.5) is 22.1 Å². The third-order valence-electron chi connectivity index (χ3n) is 6.15. The van der Waals surface area contributed by atoms with Gasteiger partial charge < -0.3 is 24.6 Å². The topological polar surface area (TPSA) is 79.8 Å². The molecule has 1 aromatic carbocycles. The van der Waals surface area contributed by atoms with E-state index in [1.54, 1.807) is 11.2 Å². The van der Waals surface area contributed by atoms with Gasteiger partial charge in [-0.1, -0.05) is 6.07 Å². The van der Waals surface area contributed by atoms with E-state index < -0.39 is 5.60 Å². The van der Waals surface area contributed by atoms with Crippen molar-refractivity contribution >= 4 is 35.2 Å². The molecule has 0 unspecified atom stereocenters. The van der Waals surface area contributed by atoms with E-state index in [4.69, 9.17) is 9.47 Å². The zero-order valence-corrected chi connectivity index (χ0v) is 20.5. The molecule has 0 aliphatic carbocycles. The second kappa shape index (κ2) is 8.59. The van der Waals surface area contributed by atoms with Crippen molar-refractivity contribution < 1.29 is 14.3 Å². The molecule has 8 nitrogen and oxygen atoms in total. The minimum atomic E-state index is -0.481. The molecule has 1 amide bonds. The van der Waals surface area contributed by atoms with Gasteiger partial charge in [0.1, 0.15) is 35.9 Å². The van der Waals surface area contributed by atoms with Crippen LogP contribution in [0.5, 0.6) is 5.75 Å². The number of benzene rings is 1. The summed E-state index contributed by atoms with van der Waals surface area (Å²) in [4.78, 5) is 25.5. The van der Waals surface area contributed by atoms with Crippen LogP contribution < -0.4 is 15.0 Å². The molecule has 1 N–H and O–H groups in total. The molecule has 0 radical (unpaired) electrons. The Hall–Kier alpha value is -2.68. The molecule has 3 aliphatic heterocycles. The third-order valence-corrected chi connectivity index (χ3v) is 7.09. The Balaban J connectivity index is 1.35. The smallest absolute Gasteiger partial charge is 0.410 e. The van der Waals surface area contributed by atoms with Crippen LogP contribution in [0, 0.1) is 6.92 Å². The molecule has 9 heteroatoms. The van der Waals surface area contributed by atoms with E-state index in [0.29, 0.717) is 19.7 Å². The molecular formula is C24H31N5O3S. The van der Waals surface area contributed by atoms with Gasteiger partial charge in [-0.05, 0) is 44.9 Å². The number of rotatable bonds is 2. The lowest BCUT2D eigenvalue weighted by Crippen LogP contribution is -2.50. The number of fused-ring (bicyclic) bond motifs is 2. The van der Waals surface area contributed by atoms with E-state index in [1.165, 1.54) is 5.56 Å². The van der Waals surface area contributed by atoms with E-state index in [0.717, 1.165) is 58.8 Å². The molecule has 3 aliphatic rings. The summed E-state index contributed by atoms with van der Waals surface area (Å²) in [5.74, 6) is 5.11. The number of nitrogens with zero attached hydrogens (tertiary/aromatic N) is 4. The summed E-state index contributed by atoms with van der Waals surface area (Å²) >= 11 is 1.98. The summed E-state index contributed by atoms with van der Waals surface area (Å²) in [6.07, 6.45) is 1.39. The van der Waals surface area contributed by atoms with Gasteiger partial charge in [0.15, 0.2) is 0 Å². The Morgan fingerprint density at radius 3 is 2.70 bits per heavy atom. The van der Waals surface area contributed by atoms with Gasteiger partial charge in [-0.25, -0.2) is 14.8 Å². The van der Waals surface area contributed by atoms with Crippen LogP contribution in [0.2, 0.25) is 0 Å². The predicted molar refractivity (Wildman–Crippen MR) is 131 cm³/mol. The van der Waals surface area contributed by atoms with Crippen LogP contribution in [0.25, 0.3) is 0 Å². The number of carbonyl (C=O) groups excluding carboxylic acids is 1. The fourth-order valence-electron chi connectivity index (χ4n) is 4.45. The van der Waals surface area contributed by atoms with Gasteiger partial charge in [-0.2, -0.15) is 11.8 Å². The van der Waals surface area contributed by atoms with Gasteiger partial charge >= 0.3 is 6.09 Å². The molecule has 4 heterocycles. The molecule has 2 saturated heterocycles. The van der Waals surface area contributed by atoms with E-state index in [-0.39, 0.29) is 12.0 Å². The molecule has 2 aromatic rings. The maximum atomic E-state index is 12.3. The van der Waals surface area contributed by atoms with Gasteiger partial charge in [-0.3, -0.25) is 0 Å². The van der Waals surface area contributed by atoms with Gasteiger partial charge in [0.05, 0.1) is 11.3 Å². The largest absolute Gasteiger partial charge is 0.486 e. The second-order valence-electron chi connectivity index (χ2n) is 9.83. The number of ether oxygens (including phenoxy) is 2. The number of aromatic nitrogens is 2. The van der Waals surface area contributed by atoms with Gasteiger partial charge in [-0.15, -0.1) is 0 Å². The first-order valence-corrected chi connectivity index (χ1v) is 12.6. The predicted octanol–water partition coefficient (Wildman–Crippen LogP) is 4.31. The van der Waals surface area contributed by atoms with Crippen LogP contribution in [0.3, 0.4) is 0 Å². The quantitative estimate of drug-likeness (QED) is 0.697. The summed E-state index contributed by atoms with van der Waals surface area (Å²) in [6.45, 7) is 11.5. The lowest BCUT2D eigenvalue weighted by atomic mass is 9.90. The molecule has 1 aromatic heterocycles. The van der Waals surface area contributed by atoms with E-state index in [9.17, 15) is 4.79 Å². The fraction of sp³-hybridized carbons (Fsp3) is 0.542. The minimum absolute atomic E-state index is 0.249. The average molecular weight is 470 g/mol. The Morgan fingerprint density at radius 1 is 1.21 bits per heavy atom. The first kappa shape index (κ1) is 22.1. The van der Waals surface area contributed by atoms with Crippen molar-refractivity contribution in [2.75, 3.05) is 47.9 Å². The van der Waals surface area contributed by atoms with Crippen LogP contribution in [-0.2, 0) is 11.3 Å². The first-order chi connectivity index (χ1) is 15.8. The van der Waals surface area contributed by atoms with Gasteiger partial charge in [0.25, 0.3) is 0 Å². The normalized spacial score (nSPS) is 18.3. The second-order valence-corrected chi connectivity index (χ2v) is 11.1. The van der Waals surface area contributed by atoms with Crippen molar-refractivity contribution in [1.82, 2.24) is 14.9 Å². The lowest BCUT2D eigenvalue weighted by molar-refractivity contribution is 0.00819. The molecule has 0 bridgehead atoms. The third kappa shape index (κ3) is 4.55. The Bertz CT molecular complexity index is 1060. The number of hydrogen-bond acceptors (Lipinski definition) is 8. The summed E-state index contributed by atoms with van der Waals surface area (Å²) in [6, 6.07) is 4.30. The van der Waals surface area contributed by atoms with Crippen molar-refractivity contribution in [2.45, 2.75) is 45.8 Å². The number of carbonyl (C=O) groups is 1. The summed E-state index contributed by atoms with van der Waals surface area (Å²) in [7, 11) is 0. The summed E-state index contributed by atoms with van der Waals surface area (Å²) in [5, 5.41) is 3.52. The van der Waals surface area contributed by atoms with Crippen LogP contribution in [0.1, 0.15) is 43.4 Å². The highest BCUT2D eigenvalue weighted by Crippen LogP contribution is 2.41. The van der Waals surface area contributed by atoms with Crippen molar-refractivity contribution in [3.8, 4) is 5.75 Å². The Kier molecular flexibility index (Phi) is 5.76. The molecule has 0 spiro atoms. The van der Waals surface area contributed by atoms with Crippen molar-refractivity contribution in [1.29, 1.82) is 0 Å². The minimum Gasteiger partial charge on any atom is -0.486 e. The van der Waals surface area contributed by atoms with Gasteiger partial charge in [0.2, 0.25) is 0 Å². The molecule has 2 fully saturated rings. The first-order valence-electron chi connectivity index (χ1n) is 11.5. The van der Waals surface area contributed by atoms with E-state index in [1.807, 2.05) is 32.5 Å². The standard InChI is InChI=1S/C24H31N5O3S/c1-15-9-16(17-11-29(12-17)23(30)32-24(2,3)4)10-19-20(15)31-13-18-21(27-19)25-14-26-22(18)28-5-7-33-8-6-28/h9-10,14,17H,5-8,11-13H2,1-4H3,(H,25,26,27).